The fourth-order valence-corrected chi connectivity index (χ4v) is 1.97. The van der Waals surface area contributed by atoms with Gasteiger partial charge in [0, 0.05) is 11.8 Å². The molecule has 3 N–H and O–H groups in total. The van der Waals surface area contributed by atoms with E-state index < -0.39 is 44.8 Å². The number of anilines is 2. The van der Waals surface area contributed by atoms with E-state index in [1.165, 1.54) is 19.2 Å². The van der Waals surface area contributed by atoms with Crippen molar-refractivity contribution in [2.24, 2.45) is 0 Å². The Morgan fingerprint density at radius 1 is 1.26 bits per heavy atom. The fourth-order valence-electron chi connectivity index (χ4n) is 1.12. The third-order valence-corrected chi connectivity index (χ3v) is 3.20. The van der Waals surface area contributed by atoms with Gasteiger partial charge in [-0.05, 0) is 30.2 Å². The molecule has 0 atom stereocenters. The molecular formula is C11H12N4O3S. The molecule has 19 heavy (non-hydrogen) atoms. The molecule has 1 aromatic heterocycles. The standard InChI is InChI=1S/C11H12N4O3S/c1-18-11-7-6-10(13-14-11)15-19(16,17)9-4-2-8(12)3-5-9/h2-7H,12H2,1H3,(H,13,15)/i2D,3D,4D,5D. The number of hydrogen-bond acceptors (Lipinski definition) is 6. The van der Waals surface area contributed by atoms with Crippen LogP contribution in [0.4, 0.5) is 11.5 Å². The number of ether oxygens (including phenoxy) is 1. The smallest absolute Gasteiger partial charge is 0.263 e. The van der Waals surface area contributed by atoms with Gasteiger partial charge in [0.2, 0.25) is 5.88 Å². The number of methoxy groups -OCH3 is 1. The van der Waals surface area contributed by atoms with Gasteiger partial charge in [-0.1, -0.05) is 0 Å². The van der Waals surface area contributed by atoms with E-state index in [1.54, 1.807) is 0 Å². The van der Waals surface area contributed by atoms with Gasteiger partial charge in [-0.3, -0.25) is 4.72 Å². The number of aromatic nitrogens is 2. The molecular weight excluding hydrogens is 268 g/mol. The summed E-state index contributed by atoms with van der Waals surface area (Å²) in [7, 11) is -3.05. The lowest BCUT2D eigenvalue weighted by molar-refractivity contribution is 0.392. The number of nitrogens with zero attached hydrogens (tertiary/aromatic N) is 2. The van der Waals surface area contributed by atoms with Crippen molar-refractivity contribution in [3.05, 3.63) is 36.3 Å². The molecule has 0 aliphatic rings. The van der Waals surface area contributed by atoms with Crippen molar-refractivity contribution >= 4 is 21.5 Å². The van der Waals surface area contributed by atoms with Crippen LogP contribution in [0.25, 0.3) is 0 Å². The van der Waals surface area contributed by atoms with Gasteiger partial charge in [-0.25, -0.2) is 8.42 Å². The highest BCUT2D eigenvalue weighted by Gasteiger charge is 2.14. The molecule has 100 valence electrons. The maximum absolute atomic E-state index is 12.4. The first-order valence-electron chi connectivity index (χ1n) is 6.95. The van der Waals surface area contributed by atoms with Gasteiger partial charge in [-0.15, -0.1) is 10.2 Å². The molecule has 0 bridgehead atoms. The summed E-state index contributed by atoms with van der Waals surface area (Å²) in [6.45, 7) is 0. The van der Waals surface area contributed by atoms with Crippen LogP contribution in [-0.4, -0.2) is 25.7 Å². The molecule has 8 heteroatoms. The first kappa shape index (κ1) is 8.70. The molecule has 0 radical (unpaired) electrons. The third-order valence-electron chi connectivity index (χ3n) is 1.98. The molecule has 1 heterocycles. The molecule has 0 spiro atoms. The van der Waals surface area contributed by atoms with Crippen LogP contribution in [0, 0.1) is 0 Å². The molecule has 1 aromatic carbocycles. The van der Waals surface area contributed by atoms with Gasteiger partial charge < -0.3 is 10.5 Å². The Morgan fingerprint density at radius 3 is 2.47 bits per heavy atom. The van der Waals surface area contributed by atoms with E-state index in [0.717, 1.165) is 0 Å². The van der Waals surface area contributed by atoms with Gasteiger partial charge in [0.25, 0.3) is 10.0 Å². The third kappa shape index (κ3) is 3.10. The monoisotopic (exact) mass is 284 g/mol. The number of rotatable bonds is 4. The normalized spacial score (nSPS) is 13.9. The Kier molecular flexibility index (Phi) is 2.34. The van der Waals surface area contributed by atoms with E-state index in [2.05, 4.69) is 10.2 Å². The first-order valence-corrected chi connectivity index (χ1v) is 6.43. The van der Waals surface area contributed by atoms with Crippen LogP contribution in [0.5, 0.6) is 5.88 Å². The topological polar surface area (TPSA) is 107 Å². The predicted octanol–water partition coefficient (Wildman–Crippen LogP) is 0.868. The highest BCUT2D eigenvalue weighted by Crippen LogP contribution is 2.16. The number of benzene rings is 1. The lowest BCUT2D eigenvalue weighted by atomic mass is 10.3. The molecule has 0 unspecified atom stereocenters. The molecule has 2 rings (SSSR count). The molecule has 0 aliphatic heterocycles. The summed E-state index contributed by atoms with van der Waals surface area (Å²) in [5, 5.41) is 7.16. The van der Waals surface area contributed by atoms with Crippen molar-refractivity contribution in [2.45, 2.75) is 4.90 Å². The largest absolute Gasteiger partial charge is 0.480 e. The van der Waals surface area contributed by atoms with Gasteiger partial charge in [0.15, 0.2) is 5.82 Å². The van der Waals surface area contributed by atoms with Crippen LogP contribution >= 0.6 is 0 Å². The molecule has 0 saturated carbocycles. The zero-order chi connectivity index (χ0) is 17.4. The minimum Gasteiger partial charge on any atom is -0.480 e. The molecule has 2 aromatic rings. The average Bonchev–Trinajstić information content (AvgIpc) is 2.51. The summed E-state index contributed by atoms with van der Waals surface area (Å²) in [5.41, 5.74) is 4.99. The fraction of sp³-hybridized carbons (Fsp3) is 0.0909. The second-order valence-corrected chi connectivity index (χ2v) is 4.93. The Morgan fingerprint density at radius 2 is 1.95 bits per heavy atom. The van der Waals surface area contributed by atoms with Crippen LogP contribution < -0.4 is 15.2 Å². The lowest BCUT2D eigenvalue weighted by Gasteiger charge is -2.07. The number of nitrogens with one attached hydrogen (secondary N) is 1. The van der Waals surface area contributed by atoms with Crippen molar-refractivity contribution in [3.8, 4) is 5.88 Å². The Balaban J connectivity index is 2.51. The van der Waals surface area contributed by atoms with Crippen molar-refractivity contribution in [3.63, 3.8) is 0 Å². The second kappa shape index (κ2) is 5.11. The van der Waals surface area contributed by atoms with Crippen LogP contribution in [0.1, 0.15) is 5.48 Å². The Bertz CT molecular complexity index is 830. The van der Waals surface area contributed by atoms with E-state index in [0.29, 0.717) is 0 Å². The minimum absolute atomic E-state index is 0.167. The van der Waals surface area contributed by atoms with Crippen molar-refractivity contribution in [1.82, 2.24) is 10.2 Å². The predicted molar refractivity (Wildman–Crippen MR) is 70.2 cm³/mol. The highest BCUT2D eigenvalue weighted by molar-refractivity contribution is 7.92. The van der Waals surface area contributed by atoms with Crippen LogP contribution in [0.15, 0.2) is 41.2 Å². The summed E-state index contributed by atoms with van der Waals surface area (Å²) < 4.78 is 62.1. The van der Waals surface area contributed by atoms with Crippen LogP contribution in [0.2, 0.25) is 0 Å². The molecule has 0 aliphatic carbocycles. The summed E-state index contributed by atoms with van der Waals surface area (Å²) in [4.78, 5) is -0.820. The average molecular weight is 284 g/mol. The maximum atomic E-state index is 12.4. The minimum atomic E-state index is -4.42. The van der Waals surface area contributed by atoms with Gasteiger partial charge in [-0.2, -0.15) is 0 Å². The van der Waals surface area contributed by atoms with Crippen LogP contribution in [0.3, 0.4) is 0 Å². The van der Waals surface area contributed by atoms with Gasteiger partial charge in [0.1, 0.15) is 0 Å². The zero-order valence-electron chi connectivity index (χ0n) is 13.8. The van der Waals surface area contributed by atoms with E-state index in [9.17, 15) is 8.42 Å². The lowest BCUT2D eigenvalue weighted by Crippen LogP contribution is -2.14. The molecule has 0 fully saturated rings. The summed E-state index contributed by atoms with van der Waals surface area (Å²) >= 11 is 0. The van der Waals surface area contributed by atoms with E-state index in [-0.39, 0.29) is 11.7 Å². The van der Waals surface area contributed by atoms with Crippen LogP contribution in [-0.2, 0) is 10.0 Å². The second-order valence-electron chi connectivity index (χ2n) is 3.31. The van der Waals surface area contributed by atoms with Gasteiger partial charge in [0.05, 0.1) is 17.5 Å². The quantitative estimate of drug-likeness (QED) is 0.807. The summed E-state index contributed by atoms with van der Waals surface area (Å²) in [6, 6.07) is -0.158. The van der Waals surface area contributed by atoms with Crippen molar-refractivity contribution < 1.29 is 18.6 Å². The number of nitrogens with two attached hydrogens (primary N) is 1. The van der Waals surface area contributed by atoms with Crippen molar-refractivity contribution in [2.75, 3.05) is 17.6 Å². The first-order chi connectivity index (χ1) is 10.7. The molecule has 7 nitrogen and oxygen atoms in total. The summed E-state index contributed by atoms with van der Waals surface area (Å²) in [5.74, 6) is 0.00386. The van der Waals surface area contributed by atoms with E-state index in [1.807, 2.05) is 4.72 Å². The molecule has 0 amide bonds. The number of nitrogen functional groups attached to an aromatic ring is 1. The summed E-state index contributed by atoms with van der Waals surface area (Å²) in [6.07, 6.45) is 0. The Labute approximate surface area is 116 Å². The highest BCUT2D eigenvalue weighted by atomic mass is 32.2. The van der Waals surface area contributed by atoms with Crippen molar-refractivity contribution in [1.29, 1.82) is 0 Å². The Hall–Kier alpha value is -2.35. The van der Waals surface area contributed by atoms with Gasteiger partial charge >= 0.3 is 0 Å². The SMILES string of the molecule is [2H]c1c([2H])c(S(=O)(=O)Nc2ccc(OC)nn2)c([2H])c([2H])c1N. The van der Waals surface area contributed by atoms with E-state index in [4.69, 9.17) is 16.0 Å². The number of sulfonamides is 1. The zero-order valence-corrected chi connectivity index (χ0v) is 10.6. The number of hydrogen-bond donors (Lipinski definition) is 2. The maximum Gasteiger partial charge on any atom is 0.263 e. The molecule has 0 saturated heterocycles. The van der Waals surface area contributed by atoms with E-state index >= 15 is 0 Å².